The minimum absolute atomic E-state index is 0.000754. The summed E-state index contributed by atoms with van der Waals surface area (Å²) in [6, 6.07) is 22.0. The molecule has 43 heavy (non-hydrogen) atoms. The fourth-order valence-electron chi connectivity index (χ4n) is 8.50. The molecule has 7 nitrogen and oxygen atoms in total. The number of hydrogen-bond acceptors (Lipinski definition) is 6. The summed E-state index contributed by atoms with van der Waals surface area (Å²) in [6.07, 6.45) is 7.53. The van der Waals surface area contributed by atoms with Gasteiger partial charge in [0.2, 0.25) is 5.91 Å². The molecule has 7 rings (SSSR count). The van der Waals surface area contributed by atoms with Crippen molar-refractivity contribution in [2.75, 3.05) is 20.1 Å². The van der Waals surface area contributed by atoms with Gasteiger partial charge in [-0.3, -0.25) is 14.5 Å². The number of carbonyl (C=O) groups is 2. The van der Waals surface area contributed by atoms with Crippen molar-refractivity contribution in [1.82, 2.24) is 9.80 Å². The molecule has 222 valence electrons. The van der Waals surface area contributed by atoms with E-state index in [2.05, 4.69) is 29.2 Å². The maximum absolute atomic E-state index is 13.5. The van der Waals surface area contributed by atoms with Crippen LogP contribution in [0.1, 0.15) is 48.4 Å². The third-order valence-electron chi connectivity index (χ3n) is 10.3. The van der Waals surface area contributed by atoms with Crippen molar-refractivity contribution in [2.24, 2.45) is 5.92 Å². The Morgan fingerprint density at radius 1 is 1.12 bits per heavy atom. The maximum atomic E-state index is 13.5. The highest BCUT2D eigenvalue weighted by Crippen LogP contribution is 2.65. The summed E-state index contributed by atoms with van der Waals surface area (Å²) in [4.78, 5) is 30.1. The number of esters is 1. The van der Waals surface area contributed by atoms with Crippen LogP contribution in [0.25, 0.3) is 6.08 Å². The molecule has 1 saturated carbocycles. The molecule has 4 aliphatic rings. The molecule has 0 radical (unpaired) electrons. The number of aromatic hydroxyl groups is 1. The number of benzene rings is 3. The van der Waals surface area contributed by atoms with Gasteiger partial charge in [0.15, 0.2) is 11.5 Å². The maximum Gasteiger partial charge on any atom is 0.308 e. The van der Waals surface area contributed by atoms with E-state index < -0.39 is 5.97 Å². The fraction of sp³-hybridized carbons (Fsp3) is 0.389. The monoisotopic (exact) mass is 578 g/mol. The number of amides is 1. The number of ether oxygens (including phenoxy) is 2. The summed E-state index contributed by atoms with van der Waals surface area (Å²) in [7, 11) is 1.87. The Bertz CT molecular complexity index is 1570. The SMILES string of the molecule is CC(=O)Oc1cc(O)c2c3c1C[C@@H]1[C@@H]4CC[C@H](N(C)C(=O)C=Cc5ccccc5)[C@H](O2)[C@]34CCN1CCc1ccccc1. The first-order valence-corrected chi connectivity index (χ1v) is 15.4. The molecular weight excluding hydrogens is 540 g/mol. The van der Waals surface area contributed by atoms with E-state index in [1.54, 1.807) is 12.1 Å². The predicted molar refractivity (Wildman–Crippen MR) is 164 cm³/mol. The van der Waals surface area contributed by atoms with Crippen LogP contribution >= 0.6 is 0 Å². The Kier molecular flexibility index (Phi) is 7.01. The van der Waals surface area contributed by atoms with E-state index in [1.807, 2.05) is 54.4 Å². The van der Waals surface area contributed by atoms with E-state index in [-0.39, 0.29) is 35.3 Å². The molecular formula is C36H38N2O5. The molecule has 3 aromatic rings. The average Bonchev–Trinajstić information content (AvgIpc) is 3.36. The fourth-order valence-corrected chi connectivity index (χ4v) is 8.50. The zero-order valence-corrected chi connectivity index (χ0v) is 24.7. The van der Waals surface area contributed by atoms with Crippen LogP contribution < -0.4 is 9.47 Å². The van der Waals surface area contributed by atoms with Gasteiger partial charge < -0.3 is 19.5 Å². The molecule has 1 amide bonds. The van der Waals surface area contributed by atoms with Gasteiger partial charge in [-0.25, -0.2) is 0 Å². The number of hydrogen-bond donors (Lipinski definition) is 1. The second-order valence-electron chi connectivity index (χ2n) is 12.5. The number of likely N-dealkylation sites (N-methyl/N-ethyl adjacent to an activating group) is 1. The standard InChI is InChI=1S/C36H38N2O5/c1-23(39)42-31-22-30(40)34-33-26(31)21-29-27-14-15-28(37(2)32(41)16-13-24-9-5-3-6-10-24)35(43-34)36(27,33)18-20-38(29)19-17-25-11-7-4-8-12-25/h3-13,16,22,27-29,35,40H,14-15,17-21H2,1-2H3/t27-,28-,29+,35-,36-/m0/s1. The van der Waals surface area contributed by atoms with Crippen LogP contribution in [0.4, 0.5) is 0 Å². The van der Waals surface area contributed by atoms with Crippen molar-refractivity contribution in [3.05, 3.63) is 95.1 Å². The van der Waals surface area contributed by atoms with Gasteiger partial charge in [-0.1, -0.05) is 60.7 Å². The second-order valence-corrected chi connectivity index (χ2v) is 12.5. The summed E-state index contributed by atoms with van der Waals surface area (Å²) in [5.74, 6) is 0.763. The zero-order valence-electron chi connectivity index (χ0n) is 24.7. The molecule has 2 fully saturated rings. The summed E-state index contributed by atoms with van der Waals surface area (Å²) in [5.41, 5.74) is 3.89. The number of likely N-dealkylation sites (tertiary alicyclic amines) is 1. The molecule has 7 heteroatoms. The van der Waals surface area contributed by atoms with Crippen LogP contribution in [0.5, 0.6) is 17.2 Å². The molecule has 1 spiro atoms. The average molecular weight is 579 g/mol. The summed E-state index contributed by atoms with van der Waals surface area (Å²) in [6.45, 7) is 3.25. The third kappa shape index (κ3) is 4.61. The highest BCUT2D eigenvalue weighted by atomic mass is 16.5. The lowest BCUT2D eigenvalue weighted by atomic mass is 9.50. The van der Waals surface area contributed by atoms with Gasteiger partial charge in [-0.2, -0.15) is 0 Å². The van der Waals surface area contributed by atoms with E-state index >= 15 is 0 Å². The molecule has 0 aromatic heterocycles. The smallest absolute Gasteiger partial charge is 0.308 e. The van der Waals surface area contributed by atoms with Crippen LogP contribution in [0, 0.1) is 5.92 Å². The van der Waals surface area contributed by atoms with E-state index in [0.717, 1.165) is 61.9 Å². The first-order chi connectivity index (χ1) is 20.9. The van der Waals surface area contributed by atoms with Crippen molar-refractivity contribution < 1.29 is 24.2 Å². The highest BCUT2D eigenvalue weighted by molar-refractivity contribution is 5.92. The quantitative estimate of drug-likeness (QED) is 0.238. The van der Waals surface area contributed by atoms with Crippen LogP contribution in [-0.4, -0.2) is 65.1 Å². The normalized spacial score (nSPS) is 26.9. The van der Waals surface area contributed by atoms with Crippen LogP contribution in [0.2, 0.25) is 0 Å². The molecule has 2 heterocycles. The minimum atomic E-state index is -0.408. The molecule has 1 N–H and O–H groups in total. The van der Waals surface area contributed by atoms with E-state index in [4.69, 9.17) is 9.47 Å². The van der Waals surface area contributed by atoms with Gasteiger partial charge in [0.25, 0.3) is 0 Å². The second kappa shape index (κ2) is 10.9. The summed E-state index contributed by atoms with van der Waals surface area (Å²) >= 11 is 0. The van der Waals surface area contributed by atoms with Gasteiger partial charge >= 0.3 is 5.97 Å². The Hall–Kier alpha value is -4.10. The van der Waals surface area contributed by atoms with Crippen molar-refractivity contribution in [3.8, 4) is 17.2 Å². The third-order valence-corrected chi connectivity index (χ3v) is 10.3. The van der Waals surface area contributed by atoms with Crippen LogP contribution in [0.3, 0.4) is 0 Å². The number of phenols is 1. The van der Waals surface area contributed by atoms with E-state index in [0.29, 0.717) is 17.4 Å². The minimum Gasteiger partial charge on any atom is -0.504 e. The lowest BCUT2D eigenvalue weighted by molar-refractivity contribution is -0.135. The topological polar surface area (TPSA) is 79.3 Å². The van der Waals surface area contributed by atoms with Gasteiger partial charge in [0, 0.05) is 55.2 Å². The summed E-state index contributed by atoms with van der Waals surface area (Å²) < 4.78 is 12.5. The molecule has 0 unspecified atom stereocenters. The van der Waals surface area contributed by atoms with Crippen LogP contribution in [0.15, 0.2) is 72.8 Å². The predicted octanol–water partition coefficient (Wildman–Crippen LogP) is 5.14. The van der Waals surface area contributed by atoms with Gasteiger partial charge in [-0.15, -0.1) is 0 Å². The molecule has 2 aliphatic carbocycles. The Labute approximate surface area is 252 Å². The Morgan fingerprint density at radius 2 is 1.86 bits per heavy atom. The van der Waals surface area contributed by atoms with Crippen molar-refractivity contribution >= 4 is 18.0 Å². The molecule has 2 aliphatic heterocycles. The van der Waals surface area contributed by atoms with E-state index in [9.17, 15) is 14.7 Å². The molecule has 1 saturated heterocycles. The van der Waals surface area contributed by atoms with Crippen LogP contribution in [-0.2, 0) is 27.8 Å². The van der Waals surface area contributed by atoms with Crippen molar-refractivity contribution in [2.45, 2.75) is 62.6 Å². The largest absolute Gasteiger partial charge is 0.504 e. The van der Waals surface area contributed by atoms with E-state index in [1.165, 1.54) is 12.5 Å². The number of piperidine rings is 1. The molecule has 5 atom stereocenters. The Balaban J connectivity index is 1.25. The molecule has 3 aromatic carbocycles. The highest BCUT2D eigenvalue weighted by Gasteiger charge is 2.67. The number of rotatable bonds is 7. The van der Waals surface area contributed by atoms with Gasteiger partial charge in [0.05, 0.1) is 6.04 Å². The first-order valence-electron chi connectivity index (χ1n) is 15.4. The number of phenolic OH excluding ortho intramolecular Hbond substituents is 1. The van der Waals surface area contributed by atoms with Gasteiger partial charge in [0.1, 0.15) is 11.9 Å². The van der Waals surface area contributed by atoms with Crippen molar-refractivity contribution in [1.29, 1.82) is 0 Å². The lowest BCUT2D eigenvalue weighted by Crippen LogP contribution is -2.69. The number of nitrogens with zero attached hydrogens (tertiary/aromatic N) is 2. The first kappa shape index (κ1) is 27.7. The van der Waals surface area contributed by atoms with Crippen molar-refractivity contribution in [3.63, 3.8) is 0 Å². The summed E-state index contributed by atoms with van der Waals surface area (Å²) in [5, 5.41) is 11.2. The molecule has 2 bridgehead atoms. The Morgan fingerprint density at radius 3 is 2.60 bits per heavy atom. The lowest BCUT2D eigenvalue weighted by Gasteiger charge is -2.60. The van der Waals surface area contributed by atoms with Gasteiger partial charge in [-0.05, 0) is 61.8 Å². The number of carbonyl (C=O) groups excluding carboxylic acids is 2. The zero-order chi connectivity index (χ0) is 29.7.